The van der Waals surface area contributed by atoms with Crippen LogP contribution in [-0.2, 0) is 13.0 Å². The molecule has 2 unspecified atom stereocenters. The Labute approximate surface area is 113 Å². The van der Waals surface area contributed by atoms with Gasteiger partial charge in [0.15, 0.2) is 0 Å². The van der Waals surface area contributed by atoms with Crippen molar-refractivity contribution in [1.29, 1.82) is 0 Å². The zero-order valence-corrected chi connectivity index (χ0v) is 11.3. The molecule has 4 nitrogen and oxygen atoms in total. The predicted octanol–water partition coefficient (Wildman–Crippen LogP) is 1.84. The highest BCUT2D eigenvalue weighted by molar-refractivity contribution is 5.75. The summed E-state index contributed by atoms with van der Waals surface area (Å²) in [5.41, 5.74) is 7.40. The van der Waals surface area contributed by atoms with Gasteiger partial charge in [0.1, 0.15) is 5.82 Å². The van der Waals surface area contributed by atoms with Gasteiger partial charge in [0.05, 0.1) is 16.6 Å². The zero-order chi connectivity index (χ0) is 13.5. The van der Waals surface area contributed by atoms with Gasteiger partial charge in [-0.1, -0.05) is 12.1 Å². The number of hydrogen-bond donors (Lipinski definition) is 2. The number of aryl methyl sites for hydroxylation is 1. The first kappa shape index (κ1) is 12.6. The quantitative estimate of drug-likeness (QED) is 0.884. The van der Waals surface area contributed by atoms with Crippen molar-refractivity contribution in [3.05, 3.63) is 30.1 Å². The molecular weight excluding hydrogens is 238 g/mol. The highest BCUT2D eigenvalue weighted by Crippen LogP contribution is 2.32. The standard InChI is InChI=1S/C15H21N3O/c1-2-18-13-6-4-3-5-12(13)17-14(18)10-15(19)8-7-11(16)9-15/h3-6,11,19H,2,7-10,16H2,1H3. The van der Waals surface area contributed by atoms with Crippen molar-refractivity contribution in [2.24, 2.45) is 5.73 Å². The molecule has 1 saturated carbocycles. The summed E-state index contributed by atoms with van der Waals surface area (Å²) in [6, 6.07) is 8.26. The maximum Gasteiger partial charge on any atom is 0.112 e. The van der Waals surface area contributed by atoms with E-state index in [9.17, 15) is 5.11 Å². The van der Waals surface area contributed by atoms with Crippen LogP contribution in [0.3, 0.4) is 0 Å². The number of nitrogens with zero attached hydrogens (tertiary/aromatic N) is 2. The number of benzene rings is 1. The lowest BCUT2D eigenvalue weighted by atomic mass is 9.97. The average molecular weight is 259 g/mol. The van der Waals surface area contributed by atoms with E-state index in [-0.39, 0.29) is 6.04 Å². The second-order valence-electron chi connectivity index (χ2n) is 5.67. The van der Waals surface area contributed by atoms with Crippen LogP contribution < -0.4 is 5.73 Å². The molecule has 2 atom stereocenters. The zero-order valence-electron chi connectivity index (χ0n) is 11.3. The van der Waals surface area contributed by atoms with Gasteiger partial charge >= 0.3 is 0 Å². The van der Waals surface area contributed by atoms with E-state index in [0.29, 0.717) is 12.8 Å². The first-order valence-electron chi connectivity index (χ1n) is 7.03. The molecule has 1 aromatic carbocycles. The lowest BCUT2D eigenvalue weighted by Crippen LogP contribution is -2.31. The predicted molar refractivity (Wildman–Crippen MR) is 75.9 cm³/mol. The fraction of sp³-hybridized carbons (Fsp3) is 0.533. The summed E-state index contributed by atoms with van der Waals surface area (Å²) in [6.45, 7) is 2.99. The summed E-state index contributed by atoms with van der Waals surface area (Å²) in [6.07, 6.45) is 2.97. The Kier molecular flexibility index (Phi) is 3.07. The van der Waals surface area contributed by atoms with Gasteiger partial charge in [0, 0.05) is 19.0 Å². The number of nitrogens with two attached hydrogens (primary N) is 1. The second kappa shape index (κ2) is 4.62. The van der Waals surface area contributed by atoms with Crippen LogP contribution in [0.4, 0.5) is 0 Å². The van der Waals surface area contributed by atoms with Crippen LogP contribution in [0.15, 0.2) is 24.3 Å². The van der Waals surface area contributed by atoms with Crippen molar-refractivity contribution < 1.29 is 5.11 Å². The fourth-order valence-corrected chi connectivity index (χ4v) is 3.21. The van der Waals surface area contributed by atoms with Crippen LogP contribution in [0.1, 0.15) is 32.0 Å². The third kappa shape index (κ3) is 2.26. The third-order valence-electron chi connectivity index (χ3n) is 4.16. The van der Waals surface area contributed by atoms with Gasteiger partial charge in [0.2, 0.25) is 0 Å². The number of para-hydroxylation sites is 2. The maximum absolute atomic E-state index is 10.6. The summed E-state index contributed by atoms with van der Waals surface area (Å²) in [4.78, 5) is 4.68. The third-order valence-corrected chi connectivity index (χ3v) is 4.16. The molecule has 0 aliphatic heterocycles. The summed E-state index contributed by atoms with van der Waals surface area (Å²) < 4.78 is 2.19. The van der Waals surface area contributed by atoms with Gasteiger partial charge in [-0.2, -0.15) is 0 Å². The van der Waals surface area contributed by atoms with Crippen LogP contribution in [0.2, 0.25) is 0 Å². The molecule has 1 aliphatic rings. The largest absolute Gasteiger partial charge is 0.389 e. The number of hydrogen-bond acceptors (Lipinski definition) is 3. The lowest BCUT2D eigenvalue weighted by molar-refractivity contribution is 0.0442. The van der Waals surface area contributed by atoms with Gasteiger partial charge in [0.25, 0.3) is 0 Å². The molecule has 1 heterocycles. The second-order valence-corrected chi connectivity index (χ2v) is 5.67. The Bertz CT molecular complexity index is 592. The van der Waals surface area contributed by atoms with Crippen molar-refractivity contribution in [2.75, 3.05) is 0 Å². The van der Waals surface area contributed by atoms with Crippen LogP contribution >= 0.6 is 0 Å². The molecular formula is C15H21N3O. The Hall–Kier alpha value is -1.39. The number of aromatic nitrogens is 2. The van der Waals surface area contributed by atoms with Gasteiger partial charge in [-0.3, -0.25) is 0 Å². The van der Waals surface area contributed by atoms with Crippen LogP contribution in [0.5, 0.6) is 0 Å². The number of fused-ring (bicyclic) bond motifs is 1. The molecule has 1 aliphatic carbocycles. The minimum Gasteiger partial charge on any atom is -0.389 e. The molecule has 102 valence electrons. The van der Waals surface area contributed by atoms with E-state index in [1.54, 1.807) is 0 Å². The molecule has 2 aromatic rings. The van der Waals surface area contributed by atoms with Gasteiger partial charge in [-0.25, -0.2) is 4.98 Å². The van der Waals surface area contributed by atoms with E-state index < -0.39 is 5.60 Å². The number of imidazole rings is 1. The molecule has 0 bridgehead atoms. The Morgan fingerprint density at radius 2 is 2.26 bits per heavy atom. The van der Waals surface area contributed by atoms with Gasteiger partial charge < -0.3 is 15.4 Å². The molecule has 0 amide bonds. The highest BCUT2D eigenvalue weighted by atomic mass is 16.3. The van der Waals surface area contributed by atoms with E-state index in [2.05, 4.69) is 22.5 Å². The summed E-state index contributed by atoms with van der Waals surface area (Å²) >= 11 is 0. The smallest absolute Gasteiger partial charge is 0.112 e. The Morgan fingerprint density at radius 3 is 2.95 bits per heavy atom. The molecule has 19 heavy (non-hydrogen) atoms. The summed E-state index contributed by atoms with van der Waals surface area (Å²) in [5, 5.41) is 10.6. The van der Waals surface area contributed by atoms with E-state index in [1.165, 1.54) is 0 Å². The van der Waals surface area contributed by atoms with E-state index in [1.807, 2.05) is 18.2 Å². The van der Waals surface area contributed by atoms with Crippen LogP contribution in [-0.4, -0.2) is 26.3 Å². The molecule has 0 radical (unpaired) electrons. The van der Waals surface area contributed by atoms with Gasteiger partial charge in [-0.05, 0) is 38.3 Å². The minimum absolute atomic E-state index is 0.129. The number of aliphatic hydroxyl groups is 1. The monoisotopic (exact) mass is 259 g/mol. The van der Waals surface area contributed by atoms with Crippen LogP contribution in [0.25, 0.3) is 11.0 Å². The van der Waals surface area contributed by atoms with Crippen molar-refractivity contribution in [3.63, 3.8) is 0 Å². The summed E-state index contributed by atoms with van der Waals surface area (Å²) in [5.74, 6) is 0.973. The maximum atomic E-state index is 10.6. The first-order valence-corrected chi connectivity index (χ1v) is 7.03. The lowest BCUT2D eigenvalue weighted by Gasteiger charge is -2.22. The molecule has 3 rings (SSSR count). The van der Waals surface area contributed by atoms with E-state index in [4.69, 9.17) is 5.73 Å². The molecule has 4 heteroatoms. The normalized spacial score (nSPS) is 27.2. The first-order chi connectivity index (χ1) is 9.11. The minimum atomic E-state index is -0.673. The fourth-order valence-electron chi connectivity index (χ4n) is 3.21. The van der Waals surface area contributed by atoms with Crippen LogP contribution in [0, 0.1) is 0 Å². The molecule has 1 aromatic heterocycles. The van der Waals surface area contributed by atoms with Gasteiger partial charge in [-0.15, -0.1) is 0 Å². The number of rotatable bonds is 3. The Morgan fingerprint density at radius 1 is 1.47 bits per heavy atom. The van der Waals surface area contributed by atoms with Crippen molar-refractivity contribution in [3.8, 4) is 0 Å². The highest BCUT2D eigenvalue weighted by Gasteiger charge is 2.37. The molecule has 0 saturated heterocycles. The molecule has 3 N–H and O–H groups in total. The molecule has 1 fully saturated rings. The SMILES string of the molecule is CCn1c(CC2(O)CCC(N)C2)nc2ccccc21. The topological polar surface area (TPSA) is 64.1 Å². The van der Waals surface area contributed by atoms with E-state index >= 15 is 0 Å². The van der Waals surface area contributed by atoms with E-state index in [0.717, 1.165) is 36.2 Å². The Balaban J connectivity index is 1.96. The molecule has 0 spiro atoms. The van der Waals surface area contributed by atoms with Crippen molar-refractivity contribution in [1.82, 2.24) is 9.55 Å². The van der Waals surface area contributed by atoms with Crippen molar-refractivity contribution in [2.45, 2.75) is 50.8 Å². The van der Waals surface area contributed by atoms with Crippen molar-refractivity contribution >= 4 is 11.0 Å². The average Bonchev–Trinajstić information content (AvgIpc) is 2.89. The summed E-state index contributed by atoms with van der Waals surface area (Å²) in [7, 11) is 0.